The summed E-state index contributed by atoms with van der Waals surface area (Å²) in [6.07, 6.45) is 12.2. The number of rotatable bonds is 14. The number of phenols is 2. The predicted molar refractivity (Wildman–Crippen MR) is 217 cm³/mol. The van der Waals surface area contributed by atoms with E-state index in [0.29, 0.717) is 31.1 Å². The van der Waals surface area contributed by atoms with Gasteiger partial charge in [-0.3, -0.25) is 19.6 Å². The minimum atomic E-state index is -1.40. The number of carbonyl (C=O) groups is 2. The molecule has 0 aliphatic heterocycles. The molecule has 0 amide bonds. The van der Waals surface area contributed by atoms with Crippen molar-refractivity contribution in [3.05, 3.63) is 173 Å². The van der Waals surface area contributed by atoms with Crippen molar-refractivity contribution in [2.75, 3.05) is 0 Å². The Morgan fingerprint density at radius 3 is 1.39 bits per heavy atom. The van der Waals surface area contributed by atoms with Crippen LogP contribution in [0.2, 0.25) is 0 Å². The zero-order valence-corrected chi connectivity index (χ0v) is 31.6. The SMILES string of the molecule is O=C(CCCc1ccc(-c2cccnc2)cc1)Cc1ccc(O)cc1.O=C(CCCc1ccc(Br)cc1)Cc1ccc(O)cc1.OB(O)c1cccnc1. The zero-order chi connectivity index (χ0) is 38.5. The normalized spacial score (nSPS) is 10.3. The molecule has 2 aromatic heterocycles. The van der Waals surface area contributed by atoms with Gasteiger partial charge in [0, 0.05) is 60.4 Å². The Morgan fingerprint density at radius 1 is 0.537 bits per heavy atom. The van der Waals surface area contributed by atoms with Gasteiger partial charge in [0.15, 0.2) is 0 Å². The van der Waals surface area contributed by atoms with Gasteiger partial charge in [0.25, 0.3) is 0 Å². The number of aromatic nitrogens is 2. The van der Waals surface area contributed by atoms with E-state index in [4.69, 9.17) is 10.0 Å². The summed E-state index contributed by atoms with van der Waals surface area (Å²) in [4.78, 5) is 31.8. The maximum absolute atomic E-state index is 12.1. The number of benzene rings is 4. The van der Waals surface area contributed by atoms with Crippen LogP contribution in [-0.4, -0.2) is 48.9 Å². The molecule has 276 valence electrons. The Balaban J connectivity index is 0.000000199. The first kappa shape index (κ1) is 41.3. The average molecular weight is 788 g/mol. The molecule has 4 N–H and O–H groups in total. The van der Waals surface area contributed by atoms with E-state index in [1.54, 1.807) is 73.1 Å². The number of halogens is 1. The molecule has 4 aromatic carbocycles. The lowest BCUT2D eigenvalue weighted by molar-refractivity contribution is -0.119. The summed E-state index contributed by atoms with van der Waals surface area (Å²) in [6, 6.07) is 37.5. The van der Waals surface area contributed by atoms with Gasteiger partial charge in [-0.05, 0) is 108 Å². The van der Waals surface area contributed by atoms with Gasteiger partial charge in [-0.2, -0.15) is 0 Å². The molecule has 0 bridgehead atoms. The maximum Gasteiger partial charge on any atom is 0.490 e. The summed E-state index contributed by atoms with van der Waals surface area (Å²) >= 11 is 3.41. The highest BCUT2D eigenvalue weighted by molar-refractivity contribution is 9.10. The molecule has 0 aliphatic carbocycles. The van der Waals surface area contributed by atoms with Gasteiger partial charge < -0.3 is 20.3 Å². The highest BCUT2D eigenvalue weighted by Crippen LogP contribution is 2.20. The van der Waals surface area contributed by atoms with Gasteiger partial charge in [0.1, 0.15) is 23.1 Å². The van der Waals surface area contributed by atoms with Crippen LogP contribution in [0.3, 0.4) is 0 Å². The van der Waals surface area contributed by atoms with E-state index < -0.39 is 7.12 Å². The van der Waals surface area contributed by atoms with Gasteiger partial charge in [0.05, 0.1) is 0 Å². The molecule has 0 fully saturated rings. The fourth-order valence-corrected chi connectivity index (χ4v) is 5.68. The van der Waals surface area contributed by atoms with E-state index in [9.17, 15) is 19.8 Å². The number of hydrogen-bond acceptors (Lipinski definition) is 8. The molecule has 0 radical (unpaired) electrons. The lowest BCUT2D eigenvalue weighted by atomic mass is 9.82. The van der Waals surface area contributed by atoms with Crippen LogP contribution in [-0.2, 0) is 35.3 Å². The van der Waals surface area contributed by atoms with Crippen LogP contribution in [0.1, 0.15) is 47.9 Å². The number of aromatic hydroxyl groups is 2. The monoisotopic (exact) mass is 786 g/mol. The molecule has 0 saturated carbocycles. The summed E-state index contributed by atoms with van der Waals surface area (Å²) < 4.78 is 1.07. The third-order valence-corrected chi connectivity index (χ3v) is 8.89. The van der Waals surface area contributed by atoms with Crippen LogP contribution in [0.4, 0.5) is 0 Å². The minimum absolute atomic E-state index is 0.228. The van der Waals surface area contributed by atoms with Gasteiger partial charge in [0.2, 0.25) is 0 Å². The Hall–Kier alpha value is -5.42. The number of pyridine rings is 2. The fourth-order valence-electron chi connectivity index (χ4n) is 5.42. The lowest BCUT2D eigenvalue weighted by Gasteiger charge is -2.05. The van der Waals surface area contributed by atoms with Crippen molar-refractivity contribution in [3.8, 4) is 22.6 Å². The maximum atomic E-state index is 12.1. The van der Waals surface area contributed by atoms with Crippen molar-refractivity contribution in [3.63, 3.8) is 0 Å². The third kappa shape index (κ3) is 15.7. The molecule has 0 atom stereocenters. The van der Waals surface area contributed by atoms with E-state index in [0.717, 1.165) is 52.4 Å². The van der Waals surface area contributed by atoms with Crippen LogP contribution < -0.4 is 5.46 Å². The van der Waals surface area contributed by atoms with E-state index >= 15 is 0 Å². The molecular weight excluding hydrogens is 743 g/mol. The van der Waals surface area contributed by atoms with Crippen molar-refractivity contribution in [1.29, 1.82) is 0 Å². The number of Topliss-reactive ketones (excluding diaryl/α,β-unsaturated/α-hetero) is 2. The van der Waals surface area contributed by atoms with Crippen molar-refractivity contribution >= 4 is 40.1 Å². The molecule has 8 nitrogen and oxygen atoms in total. The first-order valence-electron chi connectivity index (χ1n) is 17.7. The number of aryl methyl sites for hydroxylation is 2. The van der Waals surface area contributed by atoms with Crippen molar-refractivity contribution in [2.24, 2.45) is 0 Å². The van der Waals surface area contributed by atoms with Crippen LogP contribution in [0.15, 0.2) is 151 Å². The summed E-state index contributed by atoms with van der Waals surface area (Å²) in [7, 11) is -1.40. The van der Waals surface area contributed by atoms with Crippen LogP contribution in [0.5, 0.6) is 11.5 Å². The quantitative estimate of drug-likeness (QED) is 0.0827. The van der Waals surface area contributed by atoms with Gasteiger partial charge in [-0.25, -0.2) is 0 Å². The second-order valence-electron chi connectivity index (χ2n) is 12.7. The highest BCUT2D eigenvalue weighted by atomic mass is 79.9. The summed E-state index contributed by atoms with van der Waals surface area (Å²) in [5.74, 6) is 0.938. The zero-order valence-electron chi connectivity index (χ0n) is 30.0. The third-order valence-electron chi connectivity index (χ3n) is 8.36. The first-order chi connectivity index (χ1) is 26.1. The molecule has 2 heterocycles. The van der Waals surface area contributed by atoms with Gasteiger partial charge in [-0.1, -0.05) is 88.7 Å². The standard InChI is InChI=1S/C22H21NO2.C17H17BrO2.C5H6BNO2/c24-21-12-8-18(9-13-21)15-22(25)5-1-3-17-6-10-19(11-7-17)20-4-2-14-23-16-20;18-15-8-4-13(5-9-15)2-1-3-17(20)12-14-6-10-16(19)11-7-14;8-6(9)5-2-1-3-7-4-5/h2,4,6-14,16,24H,1,3,5,15H2;4-11,19H,1-3,12H2;1-4,8-9H. The molecule has 6 rings (SSSR count). The highest BCUT2D eigenvalue weighted by Gasteiger charge is 2.09. The number of hydrogen-bond donors (Lipinski definition) is 4. The van der Waals surface area contributed by atoms with Crippen LogP contribution in [0.25, 0.3) is 11.1 Å². The molecule has 54 heavy (non-hydrogen) atoms. The van der Waals surface area contributed by atoms with Crippen molar-refractivity contribution in [1.82, 2.24) is 9.97 Å². The van der Waals surface area contributed by atoms with Crippen LogP contribution in [0, 0.1) is 0 Å². The number of carbonyl (C=O) groups excluding carboxylic acids is 2. The number of phenolic OH excluding ortho intramolecular Hbond substituents is 2. The fraction of sp³-hybridized carbons (Fsp3) is 0.182. The van der Waals surface area contributed by atoms with E-state index in [1.165, 1.54) is 17.3 Å². The van der Waals surface area contributed by atoms with E-state index in [-0.39, 0.29) is 23.1 Å². The largest absolute Gasteiger partial charge is 0.508 e. The number of ketones is 2. The Labute approximate surface area is 325 Å². The second kappa shape index (κ2) is 22.6. The Kier molecular flexibility index (Phi) is 17.3. The predicted octanol–water partition coefficient (Wildman–Crippen LogP) is 7.64. The minimum Gasteiger partial charge on any atom is -0.508 e. The molecule has 0 saturated heterocycles. The Morgan fingerprint density at radius 2 is 0.981 bits per heavy atom. The lowest BCUT2D eigenvalue weighted by Crippen LogP contribution is -2.29. The topological polar surface area (TPSA) is 141 Å². The molecule has 0 spiro atoms. The number of nitrogens with zero attached hydrogens (tertiary/aromatic N) is 2. The second-order valence-corrected chi connectivity index (χ2v) is 13.6. The van der Waals surface area contributed by atoms with E-state index in [2.05, 4.69) is 62.3 Å². The van der Waals surface area contributed by atoms with E-state index in [1.807, 2.05) is 30.5 Å². The molecule has 0 aliphatic rings. The van der Waals surface area contributed by atoms with Crippen LogP contribution >= 0.6 is 15.9 Å². The molecular formula is C44H44BBrN2O6. The molecule has 10 heteroatoms. The van der Waals surface area contributed by atoms with Crippen molar-refractivity contribution in [2.45, 2.75) is 51.4 Å². The Bertz CT molecular complexity index is 1980. The van der Waals surface area contributed by atoms with Gasteiger partial charge in [-0.15, -0.1) is 0 Å². The molecule has 0 unspecified atom stereocenters. The smallest absolute Gasteiger partial charge is 0.490 e. The molecule has 6 aromatic rings. The van der Waals surface area contributed by atoms with Crippen molar-refractivity contribution < 1.29 is 29.9 Å². The summed E-state index contributed by atoms with van der Waals surface area (Å²) in [5, 5.41) is 35.5. The summed E-state index contributed by atoms with van der Waals surface area (Å²) in [5.41, 5.74) is 7.08. The van der Waals surface area contributed by atoms with Gasteiger partial charge >= 0.3 is 7.12 Å². The summed E-state index contributed by atoms with van der Waals surface area (Å²) in [6.45, 7) is 0. The first-order valence-corrected chi connectivity index (χ1v) is 18.5. The average Bonchev–Trinajstić information content (AvgIpc) is 3.19.